The molecule has 0 amide bonds. The predicted molar refractivity (Wildman–Crippen MR) is 64.6 cm³/mol. The fourth-order valence-electron chi connectivity index (χ4n) is 1.18. The van der Waals surface area contributed by atoms with Crippen LogP contribution in [0.1, 0.15) is 19.8 Å². The van der Waals surface area contributed by atoms with Crippen LogP contribution in [0.25, 0.3) is 0 Å². The van der Waals surface area contributed by atoms with Crippen LogP contribution in [0.3, 0.4) is 0 Å². The Balaban J connectivity index is 2.47. The number of rotatable bonds is 5. The van der Waals surface area contributed by atoms with E-state index in [9.17, 15) is 4.39 Å². The molecule has 3 heteroatoms. The smallest absolute Gasteiger partial charge is 0.165 e. The summed E-state index contributed by atoms with van der Waals surface area (Å²) < 4.78 is 19.7. The van der Waals surface area contributed by atoms with Crippen molar-refractivity contribution < 1.29 is 9.13 Å². The van der Waals surface area contributed by atoms with Crippen LogP contribution in [0.15, 0.2) is 24.3 Å². The van der Waals surface area contributed by atoms with E-state index in [-0.39, 0.29) is 11.9 Å². The molecule has 1 aromatic rings. The molecule has 0 saturated heterocycles. The van der Waals surface area contributed by atoms with Gasteiger partial charge in [0.15, 0.2) is 11.6 Å². The van der Waals surface area contributed by atoms with Crippen molar-refractivity contribution in [2.45, 2.75) is 25.9 Å². The van der Waals surface area contributed by atoms with Gasteiger partial charge in [-0.05, 0) is 36.3 Å². The summed E-state index contributed by atoms with van der Waals surface area (Å²) in [5, 5.41) is 0. The molecule has 1 nitrogen and oxygen atoms in total. The highest BCUT2D eigenvalue weighted by atomic mass is 127. The number of para-hydroxylation sites is 1. The van der Waals surface area contributed by atoms with Gasteiger partial charge in [0.05, 0.1) is 6.10 Å². The van der Waals surface area contributed by atoms with Crippen LogP contribution in [0.4, 0.5) is 4.39 Å². The molecule has 0 aromatic heterocycles. The zero-order valence-electron chi connectivity index (χ0n) is 8.17. The number of benzene rings is 1. The van der Waals surface area contributed by atoms with Crippen LogP contribution in [-0.4, -0.2) is 10.5 Å². The summed E-state index contributed by atoms with van der Waals surface area (Å²) >= 11 is 2.33. The number of halogens is 2. The largest absolute Gasteiger partial charge is 0.488 e. The molecule has 0 saturated carbocycles. The zero-order valence-corrected chi connectivity index (χ0v) is 10.3. The van der Waals surface area contributed by atoms with Gasteiger partial charge in [-0.25, -0.2) is 4.39 Å². The summed E-state index contributed by atoms with van der Waals surface area (Å²) in [6.07, 6.45) is 2.16. The van der Waals surface area contributed by atoms with Gasteiger partial charge in [0.25, 0.3) is 0 Å². The Bertz CT molecular complexity index is 278. The third-order valence-electron chi connectivity index (χ3n) is 1.91. The first-order valence-corrected chi connectivity index (χ1v) is 6.23. The fourth-order valence-corrected chi connectivity index (χ4v) is 1.62. The Labute approximate surface area is 97.8 Å². The summed E-state index contributed by atoms with van der Waals surface area (Å²) in [6, 6.07) is 6.53. The van der Waals surface area contributed by atoms with E-state index in [1.54, 1.807) is 18.2 Å². The van der Waals surface area contributed by atoms with E-state index in [0.717, 1.165) is 17.3 Å². The highest BCUT2D eigenvalue weighted by Crippen LogP contribution is 2.18. The van der Waals surface area contributed by atoms with Gasteiger partial charge >= 0.3 is 0 Å². The maximum absolute atomic E-state index is 13.1. The monoisotopic (exact) mass is 308 g/mol. The highest BCUT2D eigenvalue weighted by molar-refractivity contribution is 14.1. The standard InChI is InChI=1S/C11H14FIO/c1-9(5-4-8-13)14-11-7-3-2-6-10(11)12/h2-3,6-7,9H,4-5,8H2,1H3. The quantitative estimate of drug-likeness (QED) is 0.594. The average molecular weight is 308 g/mol. The molecule has 0 aliphatic carbocycles. The molecule has 78 valence electrons. The summed E-state index contributed by atoms with van der Waals surface area (Å²) in [4.78, 5) is 0. The normalized spacial score (nSPS) is 12.5. The predicted octanol–water partition coefficient (Wildman–Crippen LogP) is 3.81. The molecule has 0 heterocycles. The van der Waals surface area contributed by atoms with Crippen molar-refractivity contribution in [3.05, 3.63) is 30.1 Å². The minimum atomic E-state index is -0.283. The van der Waals surface area contributed by atoms with Gasteiger partial charge < -0.3 is 4.74 Å². The number of ether oxygens (including phenoxy) is 1. The maximum Gasteiger partial charge on any atom is 0.165 e. The first-order valence-electron chi connectivity index (χ1n) is 4.71. The molecule has 0 bridgehead atoms. The molecular weight excluding hydrogens is 294 g/mol. The highest BCUT2D eigenvalue weighted by Gasteiger charge is 2.06. The second-order valence-electron chi connectivity index (χ2n) is 3.19. The van der Waals surface area contributed by atoms with Gasteiger partial charge in [-0.1, -0.05) is 34.7 Å². The minimum Gasteiger partial charge on any atom is -0.488 e. The van der Waals surface area contributed by atoms with Crippen molar-refractivity contribution in [1.29, 1.82) is 0 Å². The number of hydrogen-bond donors (Lipinski definition) is 0. The molecule has 14 heavy (non-hydrogen) atoms. The van der Waals surface area contributed by atoms with Crippen molar-refractivity contribution in [2.75, 3.05) is 4.43 Å². The van der Waals surface area contributed by atoms with E-state index in [4.69, 9.17) is 4.74 Å². The Morgan fingerprint density at radius 3 is 2.79 bits per heavy atom. The van der Waals surface area contributed by atoms with Crippen LogP contribution in [0.2, 0.25) is 0 Å². The number of hydrogen-bond acceptors (Lipinski definition) is 1. The first kappa shape index (κ1) is 11.8. The van der Waals surface area contributed by atoms with Crippen LogP contribution < -0.4 is 4.74 Å². The van der Waals surface area contributed by atoms with Crippen LogP contribution in [-0.2, 0) is 0 Å². The molecule has 0 radical (unpaired) electrons. The van der Waals surface area contributed by atoms with Crippen molar-refractivity contribution >= 4 is 22.6 Å². The number of alkyl halides is 1. The van der Waals surface area contributed by atoms with Gasteiger partial charge in [0, 0.05) is 0 Å². The average Bonchev–Trinajstić information content (AvgIpc) is 2.18. The van der Waals surface area contributed by atoms with Crippen molar-refractivity contribution in [3.63, 3.8) is 0 Å². The Morgan fingerprint density at radius 2 is 2.14 bits per heavy atom. The van der Waals surface area contributed by atoms with Gasteiger partial charge in [-0.15, -0.1) is 0 Å². The van der Waals surface area contributed by atoms with Crippen LogP contribution in [0, 0.1) is 5.82 Å². The van der Waals surface area contributed by atoms with Crippen LogP contribution >= 0.6 is 22.6 Å². The van der Waals surface area contributed by atoms with Gasteiger partial charge in [0.2, 0.25) is 0 Å². The molecule has 1 aromatic carbocycles. The molecule has 0 spiro atoms. The van der Waals surface area contributed by atoms with Gasteiger partial charge in [-0.2, -0.15) is 0 Å². The van der Waals surface area contributed by atoms with E-state index >= 15 is 0 Å². The van der Waals surface area contributed by atoms with Crippen LogP contribution in [0.5, 0.6) is 5.75 Å². The fraction of sp³-hybridized carbons (Fsp3) is 0.455. The van der Waals surface area contributed by atoms with E-state index in [1.165, 1.54) is 6.07 Å². The third-order valence-corrected chi connectivity index (χ3v) is 2.67. The zero-order chi connectivity index (χ0) is 10.4. The molecular formula is C11H14FIO. The van der Waals surface area contributed by atoms with Crippen molar-refractivity contribution in [2.24, 2.45) is 0 Å². The molecule has 0 N–H and O–H groups in total. The molecule has 1 rings (SSSR count). The summed E-state index contributed by atoms with van der Waals surface area (Å²) in [5.41, 5.74) is 0. The lowest BCUT2D eigenvalue weighted by molar-refractivity contribution is 0.201. The topological polar surface area (TPSA) is 9.23 Å². The van der Waals surface area contributed by atoms with E-state index in [0.29, 0.717) is 5.75 Å². The van der Waals surface area contributed by atoms with E-state index < -0.39 is 0 Å². The maximum atomic E-state index is 13.1. The molecule has 1 unspecified atom stereocenters. The Hall–Kier alpha value is -0.320. The molecule has 0 fully saturated rings. The second-order valence-corrected chi connectivity index (χ2v) is 4.27. The summed E-state index contributed by atoms with van der Waals surface area (Å²) in [6.45, 7) is 1.97. The lowest BCUT2D eigenvalue weighted by atomic mass is 10.2. The van der Waals surface area contributed by atoms with Gasteiger partial charge in [-0.3, -0.25) is 0 Å². The summed E-state index contributed by atoms with van der Waals surface area (Å²) in [7, 11) is 0. The third kappa shape index (κ3) is 3.82. The lowest BCUT2D eigenvalue weighted by Gasteiger charge is -2.14. The lowest BCUT2D eigenvalue weighted by Crippen LogP contribution is -2.12. The molecule has 0 aliphatic heterocycles. The van der Waals surface area contributed by atoms with Crippen molar-refractivity contribution in [3.8, 4) is 5.75 Å². The second kappa shape index (κ2) is 6.22. The van der Waals surface area contributed by atoms with Crippen molar-refractivity contribution in [1.82, 2.24) is 0 Å². The molecule has 1 atom stereocenters. The van der Waals surface area contributed by atoms with E-state index in [2.05, 4.69) is 22.6 Å². The van der Waals surface area contributed by atoms with Gasteiger partial charge in [0.1, 0.15) is 0 Å². The van der Waals surface area contributed by atoms with E-state index in [1.807, 2.05) is 6.92 Å². The Kier molecular flexibility index (Phi) is 5.22. The minimum absolute atomic E-state index is 0.0849. The first-order chi connectivity index (χ1) is 6.74. The SMILES string of the molecule is CC(CCCI)Oc1ccccc1F. The molecule has 0 aliphatic rings. The summed E-state index contributed by atoms with van der Waals surface area (Å²) in [5.74, 6) is 0.0716. The Morgan fingerprint density at radius 1 is 1.43 bits per heavy atom.